The van der Waals surface area contributed by atoms with Gasteiger partial charge in [0, 0.05) is 17.3 Å². The van der Waals surface area contributed by atoms with Crippen molar-refractivity contribution in [3.63, 3.8) is 0 Å². The van der Waals surface area contributed by atoms with Gasteiger partial charge >= 0.3 is 0 Å². The molecule has 0 atom stereocenters. The molecule has 2 aromatic rings. The fraction of sp³-hybridized carbons (Fsp3) is 0.167. The molecular weight excluding hydrogens is 278 g/mol. The molecule has 0 aromatic heterocycles. The summed E-state index contributed by atoms with van der Waals surface area (Å²) in [5, 5.41) is 2.87. The normalized spacial score (nSPS) is 13.6. The van der Waals surface area contributed by atoms with E-state index < -0.39 is 0 Å². The van der Waals surface area contributed by atoms with Crippen LogP contribution in [-0.2, 0) is 4.79 Å². The Labute approximate surface area is 129 Å². The highest BCUT2D eigenvalue weighted by Gasteiger charge is 2.13. The van der Waals surface area contributed by atoms with Gasteiger partial charge in [-0.25, -0.2) is 0 Å². The van der Waals surface area contributed by atoms with E-state index in [-0.39, 0.29) is 5.91 Å². The van der Waals surface area contributed by atoms with Gasteiger partial charge in [-0.2, -0.15) is 0 Å². The Hall–Kier alpha value is -2.75. The van der Waals surface area contributed by atoms with E-state index in [0.717, 1.165) is 5.56 Å². The summed E-state index contributed by atoms with van der Waals surface area (Å²) in [6, 6.07) is 15.1. The van der Waals surface area contributed by atoms with Gasteiger partial charge in [-0.3, -0.25) is 4.79 Å². The lowest BCUT2D eigenvalue weighted by Gasteiger charge is -2.19. The number of amides is 1. The molecule has 1 heterocycles. The minimum atomic E-state index is -0.138. The number of carbonyl (C=O) groups is 1. The lowest BCUT2D eigenvalue weighted by atomic mass is 10.1. The van der Waals surface area contributed by atoms with Crippen molar-refractivity contribution in [2.75, 3.05) is 18.5 Å². The van der Waals surface area contributed by atoms with E-state index >= 15 is 0 Å². The van der Waals surface area contributed by atoms with Crippen LogP contribution in [0.5, 0.6) is 11.5 Å². The van der Waals surface area contributed by atoms with Crippen molar-refractivity contribution in [3.8, 4) is 11.5 Å². The largest absolute Gasteiger partial charge is 0.486 e. The van der Waals surface area contributed by atoms with Crippen LogP contribution in [-0.4, -0.2) is 19.1 Å². The maximum atomic E-state index is 12.2. The van der Waals surface area contributed by atoms with E-state index in [1.807, 2.05) is 36.4 Å². The molecule has 1 aliphatic rings. The molecule has 0 aliphatic carbocycles. The van der Waals surface area contributed by atoms with E-state index in [1.54, 1.807) is 25.1 Å². The van der Waals surface area contributed by atoms with Crippen LogP contribution >= 0.6 is 0 Å². The number of benzene rings is 2. The molecule has 4 heteroatoms. The molecule has 0 saturated heterocycles. The van der Waals surface area contributed by atoms with E-state index in [2.05, 4.69) is 5.32 Å². The first-order valence-electron chi connectivity index (χ1n) is 7.17. The highest BCUT2D eigenvalue weighted by Crippen LogP contribution is 2.32. The zero-order chi connectivity index (χ0) is 15.4. The van der Waals surface area contributed by atoms with E-state index in [0.29, 0.717) is 36.0 Å². The van der Waals surface area contributed by atoms with Crippen LogP contribution in [0.3, 0.4) is 0 Å². The van der Waals surface area contributed by atoms with Crippen LogP contribution in [0.25, 0.3) is 6.08 Å². The molecule has 1 N–H and O–H groups in total. The number of ether oxygens (including phenoxy) is 2. The summed E-state index contributed by atoms with van der Waals surface area (Å²) in [7, 11) is 0. The summed E-state index contributed by atoms with van der Waals surface area (Å²) >= 11 is 0. The molecule has 0 unspecified atom stereocenters. The SMILES string of the molecule is C/C(=C\c1ccccc1)C(=O)Nc1ccc2c(c1)OCCO2. The van der Waals surface area contributed by atoms with Crippen molar-refractivity contribution in [2.24, 2.45) is 0 Å². The van der Waals surface area contributed by atoms with Crippen molar-refractivity contribution in [3.05, 3.63) is 59.7 Å². The Kier molecular flexibility index (Phi) is 4.10. The number of nitrogens with one attached hydrogen (secondary N) is 1. The molecule has 0 radical (unpaired) electrons. The average molecular weight is 295 g/mol. The number of hydrogen-bond donors (Lipinski definition) is 1. The second kappa shape index (κ2) is 6.35. The summed E-state index contributed by atoms with van der Waals surface area (Å²) < 4.78 is 11.0. The van der Waals surface area contributed by atoms with Gasteiger partial charge in [0.25, 0.3) is 5.91 Å². The van der Waals surface area contributed by atoms with Crippen molar-refractivity contribution in [1.82, 2.24) is 0 Å². The molecule has 1 amide bonds. The van der Waals surface area contributed by atoms with E-state index in [4.69, 9.17) is 9.47 Å². The van der Waals surface area contributed by atoms with Gasteiger partial charge in [0.1, 0.15) is 13.2 Å². The van der Waals surface area contributed by atoms with Gasteiger partial charge in [-0.05, 0) is 30.7 Å². The number of carbonyl (C=O) groups excluding carboxylic acids is 1. The third-order valence-electron chi connectivity index (χ3n) is 3.34. The van der Waals surface area contributed by atoms with Crippen LogP contribution in [0.1, 0.15) is 12.5 Å². The van der Waals surface area contributed by atoms with Gasteiger partial charge in [-0.1, -0.05) is 30.3 Å². The van der Waals surface area contributed by atoms with Gasteiger partial charge in [-0.15, -0.1) is 0 Å². The second-order valence-corrected chi connectivity index (χ2v) is 5.05. The Morgan fingerprint density at radius 3 is 2.55 bits per heavy atom. The summed E-state index contributed by atoms with van der Waals surface area (Å²) in [5.41, 5.74) is 2.33. The first-order chi connectivity index (χ1) is 10.7. The maximum Gasteiger partial charge on any atom is 0.251 e. The first kappa shape index (κ1) is 14.2. The summed E-state index contributed by atoms with van der Waals surface area (Å²) in [4.78, 5) is 12.2. The summed E-state index contributed by atoms with van der Waals surface area (Å²) in [6.07, 6.45) is 1.85. The molecule has 112 valence electrons. The zero-order valence-corrected chi connectivity index (χ0v) is 12.3. The predicted octanol–water partition coefficient (Wildman–Crippen LogP) is 3.50. The highest BCUT2D eigenvalue weighted by molar-refractivity contribution is 6.06. The number of hydrogen-bond acceptors (Lipinski definition) is 3. The van der Waals surface area contributed by atoms with Crippen molar-refractivity contribution in [2.45, 2.75) is 6.92 Å². The minimum Gasteiger partial charge on any atom is -0.486 e. The lowest BCUT2D eigenvalue weighted by molar-refractivity contribution is -0.112. The minimum absolute atomic E-state index is 0.138. The number of anilines is 1. The first-order valence-corrected chi connectivity index (χ1v) is 7.17. The van der Waals surface area contributed by atoms with Gasteiger partial charge in [0.05, 0.1) is 0 Å². The Balaban J connectivity index is 1.72. The molecule has 3 rings (SSSR count). The molecule has 0 bridgehead atoms. The molecule has 0 fully saturated rings. The quantitative estimate of drug-likeness (QED) is 0.882. The molecule has 0 spiro atoms. The average Bonchev–Trinajstić information content (AvgIpc) is 2.55. The van der Waals surface area contributed by atoms with Gasteiger partial charge in [0.15, 0.2) is 11.5 Å². The third kappa shape index (κ3) is 3.28. The molecule has 1 aliphatic heterocycles. The van der Waals surface area contributed by atoms with Crippen LogP contribution in [0.15, 0.2) is 54.1 Å². The van der Waals surface area contributed by atoms with Gasteiger partial charge in [0.2, 0.25) is 0 Å². The van der Waals surface area contributed by atoms with Gasteiger partial charge < -0.3 is 14.8 Å². The summed E-state index contributed by atoms with van der Waals surface area (Å²) in [6.45, 7) is 2.87. The monoisotopic (exact) mass is 295 g/mol. The third-order valence-corrected chi connectivity index (χ3v) is 3.34. The standard InChI is InChI=1S/C18H17NO3/c1-13(11-14-5-3-2-4-6-14)18(20)19-15-7-8-16-17(12-15)22-10-9-21-16/h2-8,11-12H,9-10H2,1H3,(H,19,20)/b13-11+. The molecule has 22 heavy (non-hydrogen) atoms. The maximum absolute atomic E-state index is 12.2. The highest BCUT2D eigenvalue weighted by atomic mass is 16.6. The Morgan fingerprint density at radius 1 is 1.05 bits per heavy atom. The second-order valence-electron chi connectivity index (χ2n) is 5.05. The van der Waals surface area contributed by atoms with Crippen molar-refractivity contribution >= 4 is 17.7 Å². The molecular formula is C18H17NO3. The number of rotatable bonds is 3. The summed E-state index contributed by atoms with van der Waals surface area (Å²) in [5.74, 6) is 1.23. The van der Waals surface area contributed by atoms with Crippen LogP contribution in [0, 0.1) is 0 Å². The van der Waals surface area contributed by atoms with E-state index in [9.17, 15) is 4.79 Å². The molecule has 4 nitrogen and oxygen atoms in total. The van der Waals surface area contributed by atoms with Crippen molar-refractivity contribution < 1.29 is 14.3 Å². The van der Waals surface area contributed by atoms with E-state index in [1.165, 1.54) is 0 Å². The lowest BCUT2D eigenvalue weighted by Crippen LogP contribution is -2.16. The fourth-order valence-electron chi connectivity index (χ4n) is 2.22. The fourth-order valence-corrected chi connectivity index (χ4v) is 2.22. The Morgan fingerprint density at radius 2 is 1.77 bits per heavy atom. The van der Waals surface area contributed by atoms with Crippen LogP contribution in [0.2, 0.25) is 0 Å². The van der Waals surface area contributed by atoms with Crippen LogP contribution in [0.4, 0.5) is 5.69 Å². The smallest absolute Gasteiger partial charge is 0.251 e. The van der Waals surface area contributed by atoms with Crippen LogP contribution < -0.4 is 14.8 Å². The zero-order valence-electron chi connectivity index (χ0n) is 12.3. The Bertz CT molecular complexity index is 708. The molecule has 0 saturated carbocycles. The topological polar surface area (TPSA) is 47.6 Å². The van der Waals surface area contributed by atoms with Crippen molar-refractivity contribution in [1.29, 1.82) is 0 Å². The number of fused-ring (bicyclic) bond motifs is 1. The predicted molar refractivity (Wildman–Crippen MR) is 86.2 cm³/mol. The molecule has 2 aromatic carbocycles.